The predicted octanol–water partition coefficient (Wildman–Crippen LogP) is 4.70. The van der Waals surface area contributed by atoms with Gasteiger partial charge in [0.1, 0.15) is 30.5 Å². The summed E-state index contributed by atoms with van der Waals surface area (Å²) in [5.74, 6) is -5.38. The first-order valence-corrected chi connectivity index (χ1v) is 26.4. The number of ketones is 2. The monoisotopic (exact) mass is 1090 g/mol. The fourth-order valence-corrected chi connectivity index (χ4v) is 13.2. The Morgan fingerprint density at radius 2 is 1.78 bits per heavy atom. The van der Waals surface area contributed by atoms with Gasteiger partial charge in [0, 0.05) is 35.4 Å². The number of aliphatic hydroxyl groups excluding tert-OH is 2. The number of carbonyl (C=O) groups excluding carboxylic acids is 6. The number of Topliss-reactive ketones (excluding diaryl/α,β-unsaturated/α-hetero) is 1. The lowest BCUT2D eigenvalue weighted by molar-refractivity contribution is -0.201. The van der Waals surface area contributed by atoms with Gasteiger partial charge in [-0.3, -0.25) is 33.6 Å². The molecule has 69 heavy (non-hydrogen) atoms. The molecule has 4 fully saturated rings. The zero-order valence-corrected chi connectivity index (χ0v) is 41.8. The molecule has 17 nitrogen and oxygen atoms in total. The summed E-state index contributed by atoms with van der Waals surface area (Å²) in [5.41, 5.74) is -0.784. The van der Waals surface area contributed by atoms with Crippen LogP contribution in [0.25, 0.3) is 0 Å². The second-order valence-corrected chi connectivity index (χ2v) is 21.4. The number of rotatable bonds is 18. The van der Waals surface area contributed by atoms with Gasteiger partial charge in [0.15, 0.2) is 35.0 Å². The SMILES string of the molecule is Cc1ccc(OCc2cccc(NC(=O)C(C)NC(=O)C(C)NC(=O)CCNC(=O)C(CC(=O)O)SI)c2)c(F)c1[C@@H]1O[C@@H]2C[C@H]3[C@@H]4CCC5=CC(=O)C=C[C@]5(C)[C@H]4[C@@H](O)C[C@]3(C)[C@]2(C(=O)CO)O1. The Kier molecular flexibility index (Phi) is 15.8. The molecule has 0 aromatic heterocycles. The average Bonchev–Trinajstić information content (AvgIpc) is 3.79. The fraction of sp³-hybridized carbons (Fsp3) is 0.531. The number of fused-ring (bicyclic) bond motifs is 7. The van der Waals surface area contributed by atoms with Crippen molar-refractivity contribution in [2.45, 2.75) is 121 Å². The number of allylic oxidation sites excluding steroid dienone is 4. The van der Waals surface area contributed by atoms with Gasteiger partial charge in [-0.2, -0.15) is 0 Å². The van der Waals surface area contributed by atoms with E-state index in [0.717, 1.165) is 14.5 Å². The van der Waals surface area contributed by atoms with E-state index in [9.17, 15) is 43.8 Å². The number of hydrogen-bond acceptors (Lipinski definition) is 13. The Bertz CT molecular complexity index is 2470. The van der Waals surface area contributed by atoms with Crippen molar-refractivity contribution in [3.63, 3.8) is 0 Å². The summed E-state index contributed by atoms with van der Waals surface area (Å²) in [7, 11) is 1.05. The molecule has 5 aliphatic rings. The van der Waals surface area contributed by atoms with Gasteiger partial charge >= 0.3 is 5.97 Å². The van der Waals surface area contributed by atoms with Crippen molar-refractivity contribution in [1.29, 1.82) is 0 Å². The second-order valence-electron chi connectivity index (χ2n) is 19.2. The molecule has 3 saturated carbocycles. The normalized spacial score (nSPS) is 30.0. The minimum Gasteiger partial charge on any atom is -0.486 e. The van der Waals surface area contributed by atoms with E-state index in [4.69, 9.17) is 19.3 Å². The van der Waals surface area contributed by atoms with Gasteiger partial charge in [-0.05, 0) is 121 Å². The summed E-state index contributed by atoms with van der Waals surface area (Å²) in [6, 6.07) is 7.67. The van der Waals surface area contributed by atoms with Crippen LogP contribution in [0.1, 0.15) is 89.2 Å². The van der Waals surface area contributed by atoms with Crippen molar-refractivity contribution in [1.82, 2.24) is 16.0 Å². The Labute approximate surface area is 415 Å². The quantitative estimate of drug-likeness (QED) is 0.100. The number of nitrogens with one attached hydrogen (secondary N) is 4. The van der Waals surface area contributed by atoms with E-state index < -0.39 is 100 Å². The number of carboxylic acid groups (broad SMARTS) is 1. The van der Waals surface area contributed by atoms with Crippen molar-refractivity contribution in [3.05, 3.63) is 82.7 Å². The van der Waals surface area contributed by atoms with Crippen molar-refractivity contribution in [2.24, 2.45) is 28.6 Å². The number of aliphatic carboxylic acids is 1. The van der Waals surface area contributed by atoms with Crippen LogP contribution in [0.4, 0.5) is 10.1 Å². The van der Waals surface area contributed by atoms with Crippen LogP contribution in [0.15, 0.2) is 60.2 Å². The number of ether oxygens (including phenoxy) is 3. The molecule has 20 heteroatoms. The molecule has 0 spiro atoms. The number of carboxylic acids is 1. The molecular weight excluding hydrogens is 1030 g/mol. The molecular formula is C49H58FIN4O13S. The van der Waals surface area contributed by atoms with Crippen molar-refractivity contribution in [3.8, 4) is 5.75 Å². The standard InChI is InChI=1S/C49H58FIN4O13S/c1-24-9-12-34(66-23-27-7-6-8-29(17-27)55-44(64)26(3)54-43(63)25(2)53-38(60)14-16-52-45(65)35(69-51)20-39(61)62)42(50)40(24)46-67-37-19-32-31-11-10-28-18-30(57)13-15-47(28,4)41(31)33(58)21-48(32,5)49(37,68-46)36(59)22-56/h6-9,12-13,15,17-18,25-26,31-33,35,37,41,46,56,58H,10-11,14,16,19-23H2,1-5H3,(H,52,65)(H,53,60)(H,54,63)(H,55,64)(H,61,62)/t25?,26?,31-,32-,33-,35?,37+,41+,46+,47-,48-,49+/m0/s1. The third-order valence-corrected chi connectivity index (χ3v) is 17.4. The number of anilines is 1. The summed E-state index contributed by atoms with van der Waals surface area (Å²) in [4.78, 5) is 87.9. The molecule has 0 radical (unpaired) electrons. The van der Waals surface area contributed by atoms with Gasteiger partial charge in [0.25, 0.3) is 0 Å². The molecule has 372 valence electrons. The third kappa shape index (κ3) is 10.1. The smallest absolute Gasteiger partial charge is 0.305 e. The number of aryl methyl sites for hydroxylation is 1. The topological polar surface area (TPSA) is 256 Å². The first kappa shape index (κ1) is 52.1. The zero-order chi connectivity index (χ0) is 50.2. The van der Waals surface area contributed by atoms with Crippen LogP contribution in [-0.2, 0) is 49.6 Å². The van der Waals surface area contributed by atoms with Crippen LogP contribution >= 0.6 is 30.1 Å². The number of carbonyl (C=O) groups is 7. The summed E-state index contributed by atoms with van der Waals surface area (Å²) < 4.78 is 35.9. The molecule has 1 aliphatic heterocycles. The maximum Gasteiger partial charge on any atom is 0.305 e. The molecule has 2 aromatic rings. The molecule has 4 aliphatic carbocycles. The van der Waals surface area contributed by atoms with Crippen LogP contribution in [0.5, 0.6) is 5.75 Å². The van der Waals surface area contributed by atoms with Crippen molar-refractivity contribution < 1.29 is 67.5 Å². The largest absolute Gasteiger partial charge is 0.486 e. The molecule has 7 rings (SSSR count). The third-order valence-electron chi connectivity index (χ3n) is 14.9. The lowest BCUT2D eigenvalue weighted by Crippen LogP contribution is -2.63. The van der Waals surface area contributed by atoms with E-state index in [-0.39, 0.29) is 67.3 Å². The number of hydrogen-bond donors (Lipinski definition) is 7. The van der Waals surface area contributed by atoms with Gasteiger partial charge < -0.3 is 50.8 Å². The highest BCUT2D eigenvalue weighted by atomic mass is 127. The van der Waals surface area contributed by atoms with E-state index >= 15 is 4.39 Å². The maximum absolute atomic E-state index is 16.7. The van der Waals surface area contributed by atoms with Gasteiger partial charge in [-0.25, -0.2) is 4.39 Å². The minimum absolute atomic E-state index is 0.0341. The van der Waals surface area contributed by atoms with Crippen molar-refractivity contribution in [2.75, 3.05) is 18.5 Å². The first-order valence-electron chi connectivity index (χ1n) is 22.9. The molecule has 12 atom stereocenters. The van der Waals surface area contributed by atoms with Crippen LogP contribution in [-0.4, -0.2) is 105 Å². The zero-order valence-electron chi connectivity index (χ0n) is 38.8. The summed E-state index contributed by atoms with van der Waals surface area (Å²) in [6.45, 7) is 7.50. The number of aliphatic hydroxyl groups is 2. The molecule has 2 aromatic carbocycles. The van der Waals surface area contributed by atoms with Crippen LogP contribution < -0.4 is 26.0 Å². The molecule has 4 amide bonds. The number of halogens is 2. The maximum atomic E-state index is 16.7. The highest BCUT2D eigenvalue weighted by molar-refractivity contribution is 14.2. The summed E-state index contributed by atoms with van der Waals surface area (Å²) >= 11 is 1.83. The summed E-state index contributed by atoms with van der Waals surface area (Å²) in [5, 5.41) is 40.8. The van der Waals surface area contributed by atoms with Crippen LogP contribution in [0.2, 0.25) is 0 Å². The van der Waals surface area contributed by atoms with E-state index in [2.05, 4.69) is 28.2 Å². The highest BCUT2D eigenvalue weighted by Gasteiger charge is 2.76. The van der Waals surface area contributed by atoms with Gasteiger partial charge in [0.05, 0.1) is 24.2 Å². The molecule has 1 heterocycles. The molecule has 0 bridgehead atoms. The van der Waals surface area contributed by atoms with Crippen LogP contribution in [0, 0.1) is 41.3 Å². The van der Waals surface area contributed by atoms with E-state index in [1.54, 1.807) is 49.4 Å². The number of benzene rings is 2. The molecule has 7 N–H and O–H groups in total. The van der Waals surface area contributed by atoms with Gasteiger partial charge in [-0.1, -0.05) is 52.6 Å². The lowest BCUT2D eigenvalue weighted by atomic mass is 9.46. The molecule has 3 unspecified atom stereocenters. The minimum atomic E-state index is -1.68. The number of amides is 4. The van der Waals surface area contributed by atoms with E-state index in [0.29, 0.717) is 36.1 Å². The highest BCUT2D eigenvalue weighted by Crippen LogP contribution is 2.70. The Balaban J connectivity index is 0.957. The second kappa shape index (κ2) is 20.9. The Hall–Kier alpha value is -4.74. The summed E-state index contributed by atoms with van der Waals surface area (Å²) in [6.07, 6.45) is 3.46. The van der Waals surface area contributed by atoms with E-state index in [1.807, 2.05) is 34.2 Å². The van der Waals surface area contributed by atoms with Gasteiger partial charge in [0.2, 0.25) is 23.6 Å². The lowest BCUT2D eigenvalue weighted by Gasteiger charge is -2.59. The predicted molar refractivity (Wildman–Crippen MR) is 258 cm³/mol. The van der Waals surface area contributed by atoms with Crippen LogP contribution in [0.3, 0.4) is 0 Å². The Morgan fingerprint density at radius 1 is 1.04 bits per heavy atom. The average molecular weight is 1090 g/mol. The first-order chi connectivity index (χ1) is 32.7. The Morgan fingerprint density at radius 3 is 2.49 bits per heavy atom. The molecule has 1 saturated heterocycles. The van der Waals surface area contributed by atoms with Crippen molar-refractivity contribution >= 4 is 77.0 Å². The fourth-order valence-electron chi connectivity index (χ4n) is 11.6. The van der Waals surface area contributed by atoms with E-state index in [1.165, 1.54) is 19.9 Å². The van der Waals surface area contributed by atoms with Gasteiger partial charge in [-0.15, -0.1) is 0 Å².